The lowest BCUT2D eigenvalue weighted by atomic mass is 10.2. The minimum Gasteiger partial charge on any atom is -0.313 e. The molecule has 1 aromatic carbocycles. The Morgan fingerprint density at radius 1 is 1.35 bits per heavy atom. The minimum absolute atomic E-state index is 0.211. The molecule has 0 bridgehead atoms. The summed E-state index contributed by atoms with van der Waals surface area (Å²) >= 11 is 5.91. The molecular formula is C13H20ClFN2O2S. The van der Waals surface area contributed by atoms with Gasteiger partial charge in [0.1, 0.15) is 10.7 Å². The zero-order valence-corrected chi connectivity index (χ0v) is 13.5. The summed E-state index contributed by atoms with van der Waals surface area (Å²) in [5, 5.41) is 3.17. The van der Waals surface area contributed by atoms with Crippen molar-refractivity contribution in [1.29, 1.82) is 0 Å². The third-order valence-corrected chi connectivity index (χ3v) is 4.95. The van der Waals surface area contributed by atoms with Gasteiger partial charge in [-0.15, -0.1) is 0 Å². The van der Waals surface area contributed by atoms with Gasteiger partial charge in [0.2, 0.25) is 10.0 Å². The van der Waals surface area contributed by atoms with Crippen LogP contribution in [0.5, 0.6) is 0 Å². The number of nitrogens with one attached hydrogen (secondary N) is 1. The number of hydrogen-bond donors (Lipinski definition) is 1. The minimum atomic E-state index is -3.86. The van der Waals surface area contributed by atoms with Gasteiger partial charge in [-0.2, -0.15) is 0 Å². The molecule has 1 N–H and O–H groups in total. The summed E-state index contributed by atoms with van der Waals surface area (Å²) in [6, 6.07) is 2.60. The second-order valence-corrected chi connectivity index (χ2v) is 6.93. The molecule has 1 rings (SSSR count). The fourth-order valence-corrected chi connectivity index (χ4v) is 3.49. The Bertz CT molecular complexity index is 564. The van der Waals surface area contributed by atoms with E-state index in [1.807, 2.05) is 13.8 Å². The molecule has 20 heavy (non-hydrogen) atoms. The van der Waals surface area contributed by atoms with Gasteiger partial charge in [-0.05, 0) is 25.1 Å². The second-order valence-electron chi connectivity index (χ2n) is 4.48. The van der Waals surface area contributed by atoms with Gasteiger partial charge in [0, 0.05) is 30.7 Å². The van der Waals surface area contributed by atoms with Crippen LogP contribution in [0, 0.1) is 5.82 Å². The van der Waals surface area contributed by atoms with Gasteiger partial charge >= 0.3 is 0 Å². The lowest BCUT2D eigenvalue weighted by molar-refractivity contribution is 0.460. The van der Waals surface area contributed by atoms with Crippen molar-refractivity contribution in [1.82, 2.24) is 9.62 Å². The van der Waals surface area contributed by atoms with E-state index in [0.717, 1.165) is 10.4 Å². The molecule has 7 heteroatoms. The summed E-state index contributed by atoms with van der Waals surface area (Å²) < 4.78 is 40.2. The summed E-state index contributed by atoms with van der Waals surface area (Å²) in [5.74, 6) is -0.738. The molecule has 0 aliphatic heterocycles. The highest BCUT2D eigenvalue weighted by atomic mass is 35.5. The lowest BCUT2D eigenvalue weighted by Gasteiger charge is -2.18. The number of halogens is 2. The van der Waals surface area contributed by atoms with Crippen molar-refractivity contribution in [3.8, 4) is 0 Å². The largest absolute Gasteiger partial charge is 0.313 e. The Morgan fingerprint density at radius 2 is 2.00 bits per heavy atom. The van der Waals surface area contributed by atoms with E-state index in [1.165, 1.54) is 13.1 Å². The topological polar surface area (TPSA) is 49.4 Å². The first-order valence-corrected chi connectivity index (χ1v) is 8.31. The van der Waals surface area contributed by atoms with Crippen molar-refractivity contribution in [3.63, 3.8) is 0 Å². The average Bonchev–Trinajstić information content (AvgIpc) is 2.39. The third-order valence-electron chi connectivity index (χ3n) is 2.87. The van der Waals surface area contributed by atoms with Crippen LogP contribution in [0.2, 0.25) is 5.02 Å². The van der Waals surface area contributed by atoms with E-state index in [4.69, 9.17) is 11.6 Å². The van der Waals surface area contributed by atoms with Crippen LogP contribution in [0.1, 0.15) is 25.8 Å². The smallest absolute Gasteiger partial charge is 0.245 e. The normalized spacial score (nSPS) is 12.1. The Balaban J connectivity index is 3.27. The van der Waals surface area contributed by atoms with E-state index in [1.54, 1.807) is 0 Å². The van der Waals surface area contributed by atoms with E-state index >= 15 is 0 Å². The van der Waals surface area contributed by atoms with Gasteiger partial charge in [-0.25, -0.2) is 17.1 Å². The number of rotatable bonds is 7. The van der Waals surface area contributed by atoms with Gasteiger partial charge in [-0.1, -0.05) is 25.4 Å². The summed E-state index contributed by atoms with van der Waals surface area (Å²) in [7, 11) is -2.42. The first kappa shape index (κ1) is 17.4. The number of benzene rings is 1. The maximum Gasteiger partial charge on any atom is 0.245 e. The molecule has 0 fully saturated rings. The molecule has 0 heterocycles. The quantitative estimate of drug-likeness (QED) is 0.839. The molecule has 0 aromatic heterocycles. The van der Waals surface area contributed by atoms with Crippen molar-refractivity contribution in [3.05, 3.63) is 28.5 Å². The van der Waals surface area contributed by atoms with E-state index in [9.17, 15) is 12.8 Å². The van der Waals surface area contributed by atoms with Gasteiger partial charge < -0.3 is 5.32 Å². The highest BCUT2D eigenvalue weighted by Crippen LogP contribution is 2.26. The second kappa shape index (κ2) is 7.36. The van der Waals surface area contributed by atoms with Gasteiger partial charge in [-0.3, -0.25) is 0 Å². The molecule has 0 aliphatic carbocycles. The molecule has 1 aromatic rings. The lowest BCUT2D eigenvalue weighted by Crippen LogP contribution is -2.29. The van der Waals surface area contributed by atoms with E-state index in [2.05, 4.69) is 5.32 Å². The molecule has 0 radical (unpaired) electrons. The van der Waals surface area contributed by atoms with E-state index in [0.29, 0.717) is 19.5 Å². The number of hydrogen-bond acceptors (Lipinski definition) is 3. The third kappa shape index (κ3) is 3.91. The van der Waals surface area contributed by atoms with E-state index < -0.39 is 15.8 Å². The molecular weight excluding hydrogens is 303 g/mol. The van der Waals surface area contributed by atoms with Crippen LogP contribution in [-0.2, 0) is 16.6 Å². The predicted molar refractivity (Wildman–Crippen MR) is 78.9 cm³/mol. The summed E-state index contributed by atoms with van der Waals surface area (Å²) in [6.45, 7) is 4.97. The molecule has 0 amide bonds. The molecule has 0 saturated heterocycles. The SMILES string of the molecule is CCCN(C)S(=O)(=O)c1cc(Cl)cc(CNCC)c1F. The Labute approximate surface area is 125 Å². The number of nitrogens with zero attached hydrogens (tertiary/aromatic N) is 1. The molecule has 0 atom stereocenters. The van der Waals surface area contributed by atoms with E-state index in [-0.39, 0.29) is 22.0 Å². The van der Waals surface area contributed by atoms with Gasteiger partial charge in [0.25, 0.3) is 0 Å². The summed E-state index contributed by atoms with van der Waals surface area (Å²) in [6.07, 6.45) is 0.655. The Morgan fingerprint density at radius 3 is 2.55 bits per heavy atom. The summed E-state index contributed by atoms with van der Waals surface area (Å²) in [5.41, 5.74) is 0.253. The van der Waals surface area contributed by atoms with Gasteiger partial charge in [0.15, 0.2) is 0 Å². The van der Waals surface area contributed by atoms with Gasteiger partial charge in [0.05, 0.1) is 0 Å². The maximum atomic E-state index is 14.4. The average molecular weight is 323 g/mol. The monoisotopic (exact) mass is 322 g/mol. The Kier molecular flexibility index (Phi) is 6.39. The fraction of sp³-hybridized carbons (Fsp3) is 0.538. The molecule has 4 nitrogen and oxygen atoms in total. The van der Waals surface area contributed by atoms with Crippen LogP contribution in [-0.4, -0.2) is 32.9 Å². The fourth-order valence-electron chi connectivity index (χ4n) is 1.80. The first-order valence-electron chi connectivity index (χ1n) is 6.49. The molecule has 0 saturated carbocycles. The van der Waals surface area contributed by atoms with Crippen molar-refractivity contribution in [2.75, 3.05) is 20.1 Å². The van der Waals surface area contributed by atoms with Crippen LogP contribution < -0.4 is 5.32 Å². The molecule has 114 valence electrons. The van der Waals surface area contributed by atoms with Crippen molar-refractivity contribution in [2.24, 2.45) is 0 Å². The first-order chi connectivity index (χ1) is 9.34. The standard InChI is InChI=1S/C13H20ClFN2O2S/c1-4-6-17(3)20(18,19)12-8-11(14)7-10(13(12)15)9-16-5-2/h7-8,16H,4-6,9H2,1-3H3. The van der Waals surface area contributed by atoms with Crippen molar-refractivity contribution >= 4 is 21.6 Å². The predicted octanol–water partition coefficient (Wildman–Crippen LogP) is 2.62. The van der Waals surface area contributed by atoms with Crippen LogP contribution in [0.25, 0.3) is 0 Å². The highest BCUT2D eigenvalue weighted by molar-refractivity contribution is 7.89. The summed E-state index contributed by atoms with van der Waals surface area (Å²) in [4.78, 5) is -0.367. The van der Waals surface area contributed by atoms with Crippen LogP contribution >= 0.6 is 11.6 Å². The highest BCUT2D eigenvalue weighted by Gasteiger charge is 2.26. The maximum absolute atomic E-state index is 14.4. The van der Waals surface area contributed by atoms with Crippen LogP contribution in [0.4, 0.5) is 4.39 Å². The molecule has 0 aliphatic rings. The zero-order chi connectivity index (χ0) is 15.3. The molecule has 0 spiro atoms. The van der Waals surface area contributed by atoms with Crippen LogP contribution in [0.15, 0.2) is 17.0 Å². The van der Waals surface area contributed by atoms with Crippen molar-refractivity contribution < 1.29 is 12.8 Å². The number of sulfonamides is 1. The van der Waals surface area contributed by atoms with Crippen molar-refractivity contribution in [2.45, 2.75) is 31.7 Å². The Hall–Kier alpha value is -0.690. The zero-order valence-electron chi connectivity index (χ0n) is 11.9. The molecule has 0 unspecified atom stereocenters. The van der Waals surface area contributed by atoms with Crippen LogP contribution in [0.3, 0.4) is 0 Å².